The molecule has 3 nitrogen and oxygen atoms in total. The fourth-order valence-corrected chi connectivity index (χ4v) is 2.36. The summed E-state index contributed by atoms with van der Waals surface area (Å²) in [5.41, 5.74) is 0. The van der Waals surface area contributed by atoms with Crippen molar-refractivity contribution in [1.82, 2.24) is 0 Å². The van der Waals surface area contributed by atoms with Crippen LogP contribution in [0.5, 0.6) is 5.75 Å². The summed E-state index contributed by atoms with van der Waals surface area (Å²) in [7, 11) is 0. The maximum absolute atomic E-state index is 11.0. The molecule has 1 N–H and O–H groups in total. The lowest BCUT2D eigenvalue weighted by atomic mass is 10.2. The van der Waals surface area contributed by atoms with Crippen LogP contribution in [-0.4, -0.2) is 17.2 Å². The smallest absolute Gasteiger partial charge is 0.349 e. The van der Waals surface area contributed by atoms with Gasteiger partial charge in [-0.15, -0.1) is 11.3 Å². The van der Waals surface area contributed by atoms with Crippen LogP contribution in [-0.2, 0) is 6.42 Å². The first-order valence-electron chi connectivity index (χ1n) is 5.61. The molecular formula is C12H18O3S. The Kier molecular flexibility index (Phi) is 4.80. The van der Waals surface area contributed by atoms with E-state index in [4.69, 9.17) is 9.84 Å². The molecule has 1 atom stereocenters. The van der Waals surface area contributed by atoms with Gasteiger partial charge in [0.15, 0.2) is 4.88 Å². The van der Waals surface area contributed by atoms with Crippen molar-refractivity contribution >= 4 is 17.3 Å². The number of aryl methyl sites for hydroxylation is 1. The SMILES string of the molecule is CCCc1cc(OC(C)CC)c(C(=O)O)s1. The molecule has 90 valence electrons. The lowest BCUT2D eigenvalue weighted by Gasteiger charge is -2.11. The Hall–Kier alpha value is -1.03. The molecule has 0 amide bonds. The molecule has 1 aromatic rings. The number of hydrogen-bond acceptors (Lipinski definition) is 3. The number of rotatable bonds is 6. The van der Waals surface area contributed by atoms with Crippen LogP contribution in [0.2, 0.25) is 0 Å². The van der Waals surface area contributed by atoms with E-state index in [0.29, 0.717) is 10.6 Å². The number of ether oxygens (including phenoxy) is 1. The van der Waals surface area contributed by atoms with Gasteiger partial charge in [-0.3, -0.25) is 0 Å². The molecule has 0 radical (unpaired) electrons. The predicted molar refractivity (Wildman–Crippen MR) is 65.7 cm³/mol. The summed E-state index contributed by atoms with van der Waals surface area (Å²) in [5.74, 6) is -0.374. The fourth-order valence-electron chi connectivity index (χ4n) is 1.33. The second-order valence-electron chi connectivity index (χ2n) is 3.80. The highest BCUT2D eigenvalue weighted by molar-refractivity contribution is 7.14. The summed E-state index contributed by atoms with van der Waals surface area (Å²) in [6, 6.07) is 1.86. The first kappa shape index (κ1) is 13.0. The molecule has 16 heavy (non-hydrogen) atoms. The van der Waals surface area contributed by atoms with Crippen molar-refractivity contribution in [3.05, 3.63) is 15.8 Å². The van der Waals surface area contributed by atoms with Crippen LogP contribution < -0.4 is 4.74 Å². The lowest BCUT2D eigenvalue weighted by molar-refractivity contribution is 0.0696. The Balaban J connectivity index is 2.91. The van der Waals surface area contributed by atoms with E-state index in [-0.39, 0.29) is 6.10 Å². The molecule has 0 spiro atoms. The van der Waals surface area contributed by atoms with E-state index in [1.54, 1.807) is 0 Å². The normalized spacial score (nSPS) is 12.4. The molecule has 0 bridgehead atoms. The molecular weight excluding hydrogens is 224 g/mol. The number of carbonyl (C=O) groups is 1. The summed E-state index contributed by atoms with van der Waals surface area (Å²) in [6.45, 7) is 6.04. The average molecular weight is 242 g/mol. The van der Waals surface area contributed by atoms with Gasteiger partial charge in [-0.1, -0.05) is 20.3 Å². The van der Waals surface area contributed by atoms with Crippen LogP contribution in [0.25, 0.3) is 0 Å². The molecule has 0 aliphatic rings. The van der Waals surface area contributed by atoms with Gasteiger partial charge in [0.1, 0.15) is 5.75 Å². The first-order valence-corrected chi connectivity index (χ1v) is 6.42. The van der Waals surface area contributed by atoms with Gasteiger partial charge in [-0.2, -0.15) is 0 Å². The van der Waals surface area contributed by atoms with E-state index in [1.807, 2.05) is 19.9 Å². The number of thiophene rings is 1. The van der Waals surface area contributed by atoms with Crippen LogP contribution in [0, 0.1) is 0 Å². The molecule has 0 aliphatic carbocycles. The highest BCUT2D eigenvalue weighted by Gasteiger charge is 2.17. The van der Waals surface area contributed by atoms with E-state index in [1.165, 1.54) is 11.3 Å². The standard InChI is InChI=1S/C12H18O3S/c1-4-6-9-7-10(15-8(3)5-2)11(16-9)12(13)14/h7-8H,4-6H2,1-3H3,(H,13,14). The minimum atomic E-state index is -0.898. The summed E-state index contributed by atoms with van der Waals surface area (Å²) in [4.78, 5) is 12.4. The maximum atomic E-state index is 11.0. The largest absolute Gasteiger partial charge is 0.489 e. The Labute approximate surface area is 100 Å². The average Bonchev–Trinajstić information content (AvgIpc) is 2.61. The Morgan fingerprint density at radius 1 is 1.56 bits per heavy atom. The van der Waals surface area contributed by atoms with E-state index in [0.717, 1.165) is 24.1 Å². The minimum Gasteiger partial charge on any atom is -0.489 e. The zero-order valence-electron chi connectivity index (χ0n) is 9.95. The molecule has 1 rings (SSSR count). The minimum absolute atomic E-state index is 0.0576. The van der Waals surface area contributed by atoms with Gasteiger partial charge in [0.05, 0.1) is 6.10 Å². The van der Waals surface area contributed by atoms with Gasteiger partial charge in [0, 0.05) is 4.88 Å². The molecule has 1 heterocycles. The zero-order chi connectivity index (χ0) is 12.1. The molecule has 4 heteroatoms. The number of carboxylic acid groups (broad SMARTS) is 1. The Bertz CT molecular complexity index is 357. The summed E-state index contributed by atoms with van der Waals surface area (Å²) in [5, 5.41) is 9.06. The third-order valence-electron chi connectivity index (χ3n) is 2.34. The van der Waals surface area contributed by atoms with Crippen molar-refractivity contribution in [2.24, 2.45) is 0 Å². The van der Waals surface area contributed by atoms with Gasteiger partial charge < -0.3 is 9.84 Å². The molecule has 1 unspecified atom stereocenters. The van der Waals surface area contributed by atoms with Gasteiger partial charge >= 0.3 is 5.97 Å². The van der Waals surface area contributed by atoms with Crippen molar-refractivity contribution in [1.29, 1.82) is 0 Å². The highest BCUT2D eigenvalue weighted by atomic mass is 32.1. The Morgan fingerprint density at radius 3 is 2.75 bits per heavy atom. The van der Waals surface area contributed by atoms with Crippen molar-refractivity contribution in [2.75, 3.05) is 0 Å². The maximum Gasteiger partial charge on any atom is 0.349 e. The van der Waals surface area contributed by atoms with E-state index in [2.05, 4.69) is 6.92 Å². The molecule has 0 saturated carbocycles. The van der Waals surface area contributed by atoms with Gasteiger partial charge in [-0.05, 0) is 25.8 Å². The fraction of sp³-hybridized carbons (Fsp3) is 0.583. The van der Waals surface area contributed by atoms with E-state index in [9.17, 15) is 4.79 Å². The van der Waals surface area contributed by atoms with Gasteiger partial charge in [0.25, 0.3) is 0 Å². The summed E-state index contributed by atoms with van der Waals surface area (Å²) in [6.07, 6.45) is 2.86. The van der Waals surface area contributed by atoms with Gasteiger partial charge in [-0.25, -0.2) is 4.79 Å². The number of aromatic carboxylic acids is 1. The summed E-state index contributed by atoms with van der Waals surface area (Å²) < 4.78 is 5.61. The lowest BCUT2D eigenvalue weighted by Crippen LogP contribution is -2.11. The molecule has 1 aromatic heterocycles. The van der Waals surface area contributed by atoms with Crippen LogP contribution in [0.3, 0.4) is 0 Å². The highest BCUT2D eigenvalue weighted by Crippen LogP contribution is 2.31. The van der Waals surface area contributed by atoms with Gasteiger partial charge in [0.2, 0.25) is 0 Å². The van der Waals surface area contributed by atoms with E-state index >= 15 is 0 Å². The van der Waals surface area contributed by atoms with Crippen molar-refractivity contribution in [3.63, 3.8) is 0 Å². The number of carboxylic acids is 1. The van der Waals surface area contributed by atoms with Crippen LogP contribution in [0.4, 0.5) is 0 Å². The molecule has 0 aromatic carbocycles. The zero-order valence-corrected chi connectivity index (χ0v) is 10.8. The molecule has 0 aliphatic heterocycles. The number of hydrogen-bond donors (Lipinski definition) is 1. The summed E-state index contributed by atoms with van der Waals surface area (Å²) >= 11 is 1.32. The van der Waals surface area contributed by atoms with Crippen molar-refractivity contribution < 1.29 is 14.6 Å². The topological polar surface area (TPSA) is 46.5 Å². The van der Waals surface area contributed by atoms with Crippen LogP contribution in [0.1, 0.15) is 48.2 Å². The quantitative estimate of drug-likeness (QED) is 0.829. The molecule has 0 fully saturated rings. The second kappa shape index (κ2) is 5.89. The monoisotopic (exact) mass is 242 g/mol. The van der Waals surface area contributed by atoms with Crippen LogP contribution in [0.15, 0.2) is 6.07 Å². The van der Waals surface area contributed by atoms with Crippen LogP contribution >= 0.6 is 11.3 Å². The van der Waals surface area contributed by atoms with Crippen molar-refractivity contribution in [2.45, 2.75) is 46.1 Å². The van der Waals surface area contributed by atoms with Crippen molar-refractivity contribution in [3.8, 4) is 5.75 Å². The predicted octanol–water partition coefficient (Wildman–Crippen LogP) is 3.58. The van der Waals surface area contributed by atoms with E-state index < -0.39 is 5.97 Å². The Morgan fingerprint density at radius 2 is 2.25 bits per heavy atom. The third-order valence-corrected chi connectivity index (χ3v) is 3.51. The molecule has 0 saturated heterocycles. The second-order valence-corrected chi connectivity index (χ2v) is 4.93. The first-order chi connectivity index (χ1) is 7.58. The third kappa shape index (κ3) is 3.23.